The van der Waals surface area contributed by atoms with E-state index in [0.717, 1.165) is 0 Å². The van der Waals surface area contributed by atoms with E-state index >= 15 is 0 Å². The molecule has 0 fully saturated rings. The van der Waals surface area contributed by atoms with Gasteiger partial charge in [0.05, 0.1) is 11.4 Å². The Bertz CT molecular complexity index is 930. The predicted octanol–water partition coefficient (Wildman–Crippen LogP) is 4.06. The van der Waals surface area contributed by atoms with Crippen molar-refractivity contribution in [3.8, 4) is 0 Å². The van der Waals surface area contributed by atoms with Crippen LogP contribution in [0.1, 0.15) is 16.2 Å². The third-order valence-electron chi connectivity index (χ3n) is 3.33. The van der Waals surface area contributed by atoms with E-state index in [9.17, 15) is 13.6 Å². The van der Waals surface area contributed by atoms with Gasteiger partial charge < -0.3 is 10.6 Å². The van der Waals surface area contributed by atoms with Crippen LogP contribution >= 0.6 is 0 Å². The van der Waals surface area contributed by atoms with Crippen LogP contribution in [-0.2, 0) is 0 Å². The number of aromatic nitrogens is 2. The summed E-state index contributed by atoms with van der Waals surface area (Å²) >= 11 is 0. The SMILES string of the molecule is Cc1cc(C(=O)Nc2ccccc2F)nc(Nc2ccccc2F)n1. The molecule has 0 saturated heterocycles. The van der Waals surface area contributed by atoms with Gasteiger partial charge in [-0.05, 0) is 37.3 Å². The topological polar surface area (TPSA) is 66.9 Å². The van der Waals surface area contributed by atoms with E-state index in [2.05, 4.69) is 20.6 Å². The molecular weight excluding hydrogens is 326 g/mol. The van der Waals surface area contributed by atoms with Crippen LogP contribution in [0.25, 0.3) is 0 Å². The first kappa shape index (κ1) is 16.5. The van der Waals surface area contributed by atoms with Crippen LogP contribution in [-0.4, -0.2) is 15.9 Å². The van der Waals surface area contributed by atoms with Gasteiger partial charge in [0.15, 0.2) is 0 Å². The van der Waals surface area contributed by atoms with E-state index < -0.39 is 17.5 Å². The van der Waals surface area contributed by atoms with Crippen LogP contribution in [0.2, 0.25) is 0 Å². The second-order valence-corrected chi connectivity index (χ2v) is 5.26. The van der Waals surface area contributed by atoms with Crippen LogP contribution in [0, 0.1) is 18.6 Å². The molecule has 2 N–H and O–H groups in total. The summed E-state index contributed by atoms with van der Waals surface area (Å²) in [7, 11) is 0. The average Bonchev–Trinajstić information content (AvgIpc) is 2.58. The number of aryl methyl sites for hydroxylation is 1. The van der Waals surface area contributed by atoms with Crippen LogP contribution in [0.3, 0.4) is 0 Å². The molecule has 7 heteroatoms. The number of carbonyl (C=O) groups excluding carboxylic acids is 1. The van der Waals surface area contributed by atoms with Crippen molar-refractivity contribution in [2.24, 2.45) is 0 Å². The number of anilines is 3. The van der Waals surface area contributed by atoms with Crippen LogP contribution in [0.4, 0.5) is 26.1 Å². The number of hydrogen-bond acceptors (Lipinski definition) is 4. The van der Waals surface area contributed by atoms with Gasteiger partial charge in [0, 0.05) is 5.69 Å². The first-order valence-electron chi connectivity index (χ1n) is 7.46. The van der Waals surface area contributed by atoms with Gasteiger partial charge >= 0.3 is 0 Å². The Kier molecular flexibility index (Phi) is 4.65. The molecule has 0 saturated carbocycles. The first-order valence-corrected chi connectivity index (χ1v) is 7.46. The normalized spacial score (nSPS) is 10.4. The molecule has 1 amide bonds. The number of halogens is 2. The molecule has 0 aliphatic carbocycles. The van der Waals surface area contributed by atoms with Crippen LogP contribution < -0.4 is 10.6 Å². The van der Waals surface area contributed by atoms with Crippen molar-refractivity contribution >= 4 is 23.2 Å². The van der Waals surface area contributed by atoms with E-state index in [4.69, 9.17) is 0 Å². The minimum Gasteiger partial charge on any atom is -0.322 e. The lowest BCUT2D eigenvalue weighted by molar-refractivity contribution is 0.102. The third-order valence-corrected chi connectivity index (χ3v) is 3.33. The lowest BCUT2D eigenvalue weighted by Crippen LogP contribution is -2.16. The summed E-state index contributed by atoms with van der Waals surface area (Å²) in [5, 5.41) is 5.18. The fourth-order valence-electron chi connectivity index (χ4n) is 2.17. The number of nitrogens with zero attached hydrogens (tertiary/aromatic N) is 2. The van der Waals surface area contributed by atoms with Crippen molar-refractivity contribution in [1.82, 2.24) is 9.97 Å². The zero-order valence-corrected chi connectivity index (χ0v) is 13.3. The zero-order valence-electron chi connectivity index (χ0n) is 13.3. The quantitative estimate of drug-likeness (QED) is 0.752. The third kappa shape index (κ3) is 3.95. The predicted molar refractivity (Wildman–Crippen MR) is 90.8 cm³/mol. The Morgan fingerprint density at radius 1 is 0.920 bits per heavy atom. The van der Waals surface area contributed by atoms with Gasteiger partial charge in [0.1, 0.15) is 17.3 Å². The molecule has 0 radical (unpaired) electrons. The summed E-state index contributed by atoms with van der Waals surface area (Å²) in [6.45, 7) is 1.67. The van der Waals surface area contributed by atoms with Gasteiger partial charge in [0.25, 0.3) is 5.91 Å². The maximum absolute atomic E-state index is 13.7. The zero-order chi connectivity index (χ0) is 17.8. The Morgan fingerprint density at radius 3 is 2.16 bits per heavy atom. The molecule has 2 aromatic carbocycles. The molecule has 0 aliphatic rings. The van der Waals surface area contributed by atoms with E-state index in [1.165, 1.54) is 36.4 Å². The Morgan fingerprint density at radius 2 is 1.52 bits per heavy atom. The molecule has 0 aliphatic heterocycles. The minimum absolute atomic E-state index is 0.0367. The molecular formula is C18H14F2N4O. The highest BCUT2D eigenvalue weighted by atomic mass is 19.1. The largest absolute Gasteiger partial charge is 0.322 e. The van der Waals surface area contributed by atoms with Gasteiger partial charge in [-0.25, -0.2) is 18.7 Å². The number of hydrogen-bond donors (Lipinski definition) is 2. The molecule has 1 aromatic heterocycles. The lowest BCUT2D eigenvalue weighted by Gasteiger charge is -2.09. The maximum atomic E-state index is 13.7. The minimum atomic E-state index is -0.591. The summed E-state index contributed by atoms with van der Waals surface area (Å²) in [6.07, 6.45) is 0. The fourth-order valence-corrected chi connectivity index (χ4v) is 2.17. The fraction of sp³-hybridized carbons (Fsp3) is 0.0556. The molecule has 0 bridgehead atoms. The highest BCUT2D eigenvalue weighted by molar-refractivity contribution is 6.03. The summed E-state index contributed by atoms with van der Waals surface area (Å²) in [5.74, 6) is -1.53. The monoisotopic (exact) mass is 340 g/mol. The van der Waals surface area contributed by atoms with Crippen molar-refractivity contribution in [2.45, 2.75) is 6.92 Å². The summed E-state index contributed by atoms with van der Waals surface area (Å²) in [6, 6.07) is 13.3. The first-order chi connectivity index (χ1) is 12.0. The van der Waals surface area contributed by atoms with Crippen molar-refractivity contribution in [3.63, 3.8) is 0 Å². The van der Waals surface area contributed by atoms with Crippen LogP contribution in [0.5, 0.6) is 0 Å². The van der Waals surface area contributed by atoms with Gasteiger partial charge in [-0.15, -0.1) is 0 Å². The van der Waals surface area contributed by atoms with Gasteiger partial charge in [-0.1, -0.05) is 24.3 Å². The number of benzene rings is 2. The lowest BCUT2D eigenvalue weighted by atomic mass is 10.2. The Hall–Kier alpha value is -3.35. The number of nitrogens with one attached hydrogen (secondary N) is 2. The van der Waals surface area contributed by atoms with E-state index in [0.29, 0.717) is 5.69 Å². The maximum Gasteiger partial charge on any atom is 0.274 e. The molecule has 0 atom stereocenters. The second-order valence-electron chi connectivity index (χ2n) is 5.26. The molecule has 0 unspecified atom stereocenters. The number of carbonyl (C=O) groups is 1. The summed E-state index contributed by atoms with van der Waals surface area (Å²) in [5.41, 5.74) is 0.781. The molecule has 1 heterocycles. The van der Waals surface area contributed by atoms with Crippen molar-refractivity contribution < 1.29 is 13.6 Å². The molecule has 126 valence electrons. The average molecular weight is 340 g/mol. The van der Waals surface area contributed by atoms with Gasteiger partial charge in [-0.3, -0.25) is 4.79 Å². The van der Waals surface area contributed by atoms with E-state index in [1.54, 1.807) is 25.1 Å². The summed E-state index contributed by atoms with van der Waals surface area (Å²) < 4.78 is 27.4. The van der Waals surface area contributed by atoms with E-state index in [1.807, 2.05) is 0 Å². The highest BCUT2D eigenvalue weighted by Crippen LogP contribution is 2.18. The van der Waals surface area contributed by atoms with E-state index in [-0.39, 0.29) is 23.0 Å². The molecule has 0 spiro atoms. The Labute approximate surface area is 142 Å². The molecule has 3 aromatic rings. The molecule has 5 nitrogen and oxygen atoms in total. The number of para-hydroxylation sites is 2. The molecule has 25 heavy (non-hydrogen) atoms. The smallest absolute Gasteiger partial charge is 0.274 e. The van der Waals surface area contributed by atoms with Crippen molar-refractivity contribution in [2.75, 3.05) is 10.6 Å². The second kappa shape index (κ2) is 7.04. The highest BCUT2D eigenvalue weighted by Gasteiger charge is 2.13. The Balaban J connectivity index is 1.85. The number of amides is 1. The molecule has 3 rings (SSSR count). The van der Waals surface area contributed by atoms with Gasteiger partial charge in [-0.2, -0.15) is 0 Å². The van der Waals surface area contributed by atoms with Gasteiger partial charge in [0.2, 0.25) is 5.95 Å². The summed E-state index contributed by atoms with van der Waals surface area (Å²) in [4.78, 5) is 20.5. The number of rotatable bonds is 4. The van der Waals surface area contributed by atoms with Crippen molar-refractivity contribution in [1.29, 1.82) is 0 Å². The van der Waals surface area contributed by atoms with Crippen LogP contribution in [0.15, 0.2) is 54.6 Å². The van der Waals surface area contributed by atoms with Crippen molar-refractivity contribution in [3.05, 3.63) is 77.6 Å². The standard InChI is InChI=1S/C18H14F2N4O/c1-11-10-16(17(25)22-14-8-4-2-6-12(14)19)24-18(21-11)23-15-9-5-3-7-13(15)20/h2-10H,1H3,(H,22,25)(H,21,23,24).